The van der Waals surface area contributed by atoms with Gasteiger partial charge in [0.2, 0.25) is 0 Å². The summed E-state index contributed by atoms with van der Waals surface area (Å²) >= 11 is 0. The van der Waals surface area contributed by atoms with Gasteiger partial charge in [-0.1, -0.05) is 48.5 Å². The van der Waals surface area contributed by atoms with E-state index in [-0.39, 0.29) is 12.1 Å². The summed E-state index contributed by atoms with van der Waals surface area (Å²) in [5, 5.41) is 6.89. The maximum atomic E-state index is 12.4. The SMILES string of the molecule is CN(C[C@@H]1Cc2c(cccc2N2CCC(NC(=O)OCc3ccccc3)CC2)CN1)[C@H]1CCCc2cccnc21. The highest BCUT2D eigenvalue weighted by molar-refractivity contribution is 5.67. The van der Waals surface area contributed by atoms with Gasteiger partial charge in [-0.2, -0.15) is 0 Å². The maximum Gasteiger partial charge on any atom is 0.407 e. The van der Waals surface area contributed by atoms with Crippen molar-refractivity contribution in [2.75, 3.05) is 31.6 Å². The molecule has 40 heavy (non-hydrogen) atoms. The molecule has 0 saturated carbocycles. The highest BCUT2D eigenvalue weighted by Gasteiger charge is 2.30. The van der Waals surface area contributed by atoms with E-state index in [2.05, 4.69) is 57.8 Å². The minimum absolute atomic E-state index is 0.147. The lowest BCUT2D eigenvalue weighted by Gasteiger charge is -2.39. The molecular formula is C33H41N5O2. The van der Waals surface area contributed by atoms with Crippen molar-refractivity contribution in [2.24, 2.45) is 0 Å². The Hall–Kier alpha value is -3.42. The third-order valence-electron chi connectivity index (χ3n) is 8.86. The first kappa shape index (κ1) is 26.8. The Balaban J connectivity index is 1.04. The number of ether oxygens (including phenoxy) is 1. The molecule has 2 aromatic carbocycles. The molecule has 3 aliphatic rings. The molecule has 7 nitrogen and oxygen atoms in total. The van der Waals surface area contributed by atoms with Crippen LogP contribution >= 0.6 is 0 Å². The first-order chi connectivity index (χ1) is 19.6. The van der Waals surface area contributed by atoms with Crippen molar-refractivity contribution in [3.8, 4) is 0 Å². The monoisotopic (exact) mass is 539 g/mol. The number of piperidine rings is 1. The van der Waals surface area contributed by atoms with Gasteiger partial charge in [-0.3, -0.25) is 9.88 Å². The van der Waals surface area contributed by atoms with Gasteiger partial charge in [0.05, 0.1) is 11.7 Å². The lowest BCUT2D eigenvalue weighted by molar-refractivity contribution is 0.134. The molecule has 1 fully saturated rings. The van der Waals surface area contributed by atoms with E-state index in [1.54, 1.807) is 0 Å². The van der Waals surface area contributed by atoms with Gasteiger partial charge in [-0.05, 0) is 80.0 Å². The Morgan fingerprint density at radius 1 is 1.05 bits per heavy atom. The summed E-state index contributed by atoms with van der Waals surface area (Å²) in [6.07, 6.45) is 8.04. The van der Waals surface area contributed by atoms with Crippen LogP contribution in [0.15, 0.2) is 66.9 Å². The standard InChI is InChI=1S/C33H41N5O2/c1-37(31-14-5-10-25-12-7-17-34-32(25)31)22-28-20-29-26(21-35-28)11-6-13-30(29)38-18-15-27(16-19-38)36-33(39)40-23-24-8-3-2-4-9-24/h2-4,6-9,11-13,17,27-28,31,35H,5,10,14-16,18-23H2,1H3,(H,36,39)/t28-,31-/m0/s1. The topological polar surface area (TPSA) is 69.7 Å². The van der Waals surface area contributed by atoms with Crippen molar-refractivity contribution >= 4 is 11.8 Å². The maximum absolute atomic E-state index is 12.4. The molecule has 3 aromatic rings. The lowest BCUT2D eigenvalue weighted by Crippen LogP contribution is -2.47. The number of rotatable bonds is 7. The zero-order valence-electron chi connectivity index (χ0n) is 23.5. The van der Waals surface area contributed by atoms with E-state index in [1.807, 2.05) is 36.5 Å². The molecule has 1 aromatic heterocycles. The number of carbonyl (C=O) groups excluding carboxylic acids is 1. The molecule has 1 amide bonds. The minimum Gasteiger partial charge on any atom is -0.445 e. The predicted molar refractivity (Wildman–Crippen MR) is 158 cm³/mol. The van der Waals surface area contributed by atoms with Gasteiger partial charge in [-0.25, -0.2) is 4.79 Å². The molecule has 0 radical (unpaired) electrons. The Kier molecular flexibility index (Phi) is 8.30. The molecule has 0 unspecified atom stereocenters. The molecule has 1 aliphatic carbocycles. The Labute approximate surface area is 237 Å². The zero-order chi connectivity index (χ0) is 27.3. The van der Waals surface area contributed by atoms with Crippen molar-refractivity contribution in [2.45, 2.75) is 69.8 Å². The molecule has 0 spiro atoms. The van der Waals surface area contributed by atoms with Crippen molar-refractivity contribution in [3.63, 3.8) is 0 Å². The first-order valence-electron chi connectivity index (χ1n) is 14.8. The first-order valence-corrected chi connectivity index (χ1v) is 14.8. The van der Waals surface area contributed by atoms with Crippen molar-refractivity contribution in [3.05, 3.63) is 94.8 Å². The van der Waals surface area contributed by atoms with E-state index in [4.69, 9.17) is 9.72 Å². The highest BCUT2D eigenvalue weighted by Crippen LogP contribution is 2.34. The van der Waals surface area contributed by atoms with Gasteiger partial charge in [0, 0.05) is 50.1 Å². The van der Waals surface area contributed by atoms with Gasteiger partial charge in [-0.15, -0.1) is 0 Å². The third-order valence-corrected chi connectivity index (χ3v) is 8.86. The zero-order valence-corrected chi connectivity index (χ0v) is 23.5. The number of benzene rings is 2. The van der Waals surface area contributed by atoms with Gasteiger partial charge in [0.1, 0.15) is 6.61 Å². The van der Waals surface area contributed by atoms with Crippen LogP contribution in [-0.4, -0.2) is 54.7 Å². The number of amides is 1. The molecule has 1 saturated heterocycles. The highest BCUT2D eigenvalue weighted by atomic mass is 16.5. The number of aromatic nitrogens is 1. The number of carbonyl (C=O) groups is 1. The van der Waals surface area contributed by atoms with E-state index in [0.29, 0.717) is 18.7 Å². The summed E-state index contributed by atoms with van der Waals surface area (Å²) in [4.78, 5) is 22.2. The van der Waals surface area contributed by atoms with Crippen LogP contribution in [0.1, 0.15) is 59.7 Å². The van der Waals surface area contributed by atoms with Crippen LogP contribution in [0.2, 0.25) is 0 Å². The Bertz CT molecular complexity index is 1290. The Morgan fingerprint density at radius 2 is 1.88 bits per heavy atom. The normalized spacial score (nSPS) is 21.0. The lowest BCUT2D eigenvalue weighted by atomic mass is 9.89. The molecule has 3 heterocycles. The molecule has 2 aliphatic heterocycles. The smallest absolute Gasteiger partial charge is 0.407 e. The second kappa shape index (κ2) is 12.4. The van der Waals surface area contributed by atoms with E-state index in [0.717, 1.165) is 57.4 Å². The van der Waals surface area contributed by atoms with Crippen LogP contribution in [0, 0.1) is 0 Å². The van der Waals surface area contributed by atoms with Gasteiger partial charge in [0.15, 0.2) is 0 Å². The van der Waals surface area contributed by atoms with Gasteiger partial charge >= 0.3 is 6.09 Å². The number of aryl methyl sites for hydroxylation is 1. The van der Waals surface area contributed by atoms with E-state index >= 15 is 0 Å². The van der Waals surface area contributed by atoms with Crippen molar-refractivity contribution < 1.29 is 9.53 Å². The average molecular weight is 540 g/mol. The molecule has 210 valence electrons. The van der Waals surface area contributed by atoms with Crippen LogP contribution in [0.4, 0.5) is 10.5 Å². The van der Waals surface area contributed by atoms with Gasteiger partial charge < -0.3 is 20.3 Å². The number of pyridine rings is 1. The summed E-state index contributed by atoms with van der Waals surface area (Å²) in [6, 6.07) is 21.8. The number of fused-ring (bicyclic) bond motifs is 2. The number of alkyl carbamates (subject to hydrolysis) is 1. The molecular weight excluding hydrogens is 498 g/mol. The van der Waals surface area contributed by atoms with E-state index < -0.39 is 0 Å². The fourth-order valence-electron chi connectivity index (χ4n) is 6.71. The second-order valence-corrected chi connectivity index (χ2v) is 11.6. The van der Waals surface area contributed by atoms with Crippen LogP contribution in [0.3, 0.4) is 0 Å². The minimum atomic E-state index is -0.326. The molecule has 7 heteroatoms. The number of likely N-dealkylation sites (N-methyl/N-ethyl adjacent to an activating group) is 1. The third kappa shape index (κ3) is 6.16. The second-order valence-electron chi connectivity index (χ2n) is 11.6. The fourth-order valence-corrected chi connectivity index (χ4v) is 6.71. The summed E-state index contributed by atoms with van der Waals surface area (Å²) in [5.74, 6) is 0. The Morgan fingerprint density at radius 3 is 2.73 bits per heavy atom. The van der Waals surface area contributed by atoms with Crippen molar-refractivity contribution in [1.82, 2.24) is 20.5 Å². The van der Waals surface area contributed by atoms with Crippen LogP contribution in [-0.2, 0) is 30.7 Å². The van der Waals surface area contributed by atoms with Crippen molar-refractivity contribution in [1.29, 1.82) is 0 Å². The summed E-state index contributed by atoms with van der Waals surface area (Å²) in [6.45, 7) is 4.08. The number of nitrogens with one attached hydrogen (secondary N) is 2. The van der Waals surface area contributed by atoms with E-state index in [9.17, 15) is 4.79 Å². The fraction of sp³-hybridized carbons (Fsp3) is 0.455. The van der Waals surface area contributed by atoms with Crippen LogP contribution < -0.4 is 15.5 Å². The summed E-state index contributed by atoms with van der Waals surface area (Å²) in [5.41, 5.74) is 7.94. The summed E-state index contributed by atoms with van der Waals surface area (Å²) < 4.78 is 5.44. The quantitative estimate of drug-likeness (QED) is 0.440. The molecule has 2 N–H and O–H groups in total. The number of anilines is 1. The molecule has 6 rings (SSSR count). The number of nitrogens with zero attached hydrogens (tertiary/aromatic N) is 3. The largest absolute Gasteiger partial charge is 0.445 e. The van der Waals surface area contributed by atoms with Crippen LogP contribution in [0.5, 0.6) is 0 Å². The average Bonchev–Trinajstić information content (AvgIpc) is 3.00. The van der Waals surface area contributed by atoms with E-state index in [1.165, 1.54) is 40.9 Å². The predicted octanol–water partition coefficient (Wildman–Crippen LogP) is 5.00. The number of hydrogen-bond acceptors (Lipinski definition) is 6. The van der Waals surface area contributed by atoms with Gasteiger partial charge in [0.25, 0.3) is 0 Å². The molecule has 2 atom stereocenters. The summed E-state index contributed by atoms with van der Waals surface area (Å²) in [7, 11) is 2.26. The van der Waals surface area contributed by atoms with Crippen LogP contribution in [0.25, 0.3) is 0 Å². The molecule has 0 bridgehead atoms. The number of hydrogen-bond donors (Lipinski definition) is 2.